The fraction of sp³-hybridized carbons (Fsp3) is 0.800. The lowest BCUT2D eigenvalue weighted by Gasteiger charge is -2.18. The predicted octanol–water partition coefficient (Wildman–Crippen LogP) is 0.173. The van der Waals surface area contributed by atoms with E-state index >= 15 is 0 Å². The molecule has 3 N–H and O–H groups in total. The highest BCUT2D eigenvalue weighted by molar-refractivity contribution is 8.18. The molecule has 1 aliphatic heterocycles. The zero-order chi connectivity index (χ0) is 7.40. The van der Waals surface area contributed by atoms with Crippen LogP contribution in [0.2, 0.25) is 0 Å². The number of nitrogens with two attached hydrogens (primary N) is 1. The van der Waals surface area contributed by atoms with Gasteiger partial charge in [0.05, 0.1) is 0 Å². The second-order valence-corrected chi connectivity index (χ2v) is 4.66. The number of carbonyl (C=O) groups excluding carboxylic acids is 1. The first kappa shape index (κ1) is 8.23. The van der Waals surface area contributed by atoms with Crippen molar-refractivity contribution < 1.29 is 4.79 Å². The molecule has 0 atom stereocenters. The molecule has 0 spiro atoms. The first-order valence-electron chi connectivity index (χ1n) is 3.08. The summed E-state index contributed by atoms with van der Waals surface area (Å²) in [7, 11) is 0. The van der Waals surface area contributed by atoms with Crippen molar-refractivity contribution in [1.29, 1.82) is 0 Å². The Morgan fingerprint density at radius 2 is 2.10 bits per heavy atom. The molecule has 0 radical (unpaired) electrons. The van der Waals surface area contributed by atoms with Crippen molar-refractivity contribution in [2.75, 3.05) is 11.5 Å². The predicted molar refractivity (Wildman–Crippen MR) is 45.7 cm³/mol. The smallest absolute Gasteiger partial charge is 0.257 e. The highest BCUT2D eigenvalue weighted by Gasteiger charge is 2.20. The zero-order valence-electron chi connectivity index (χ0n) is 5.50. The number of hydrogen-bond donors (Lipinski definition) is 2. The van der Waals surface area contributed by atoms with Crippen LogP contribution >= 0.6 is 23.5 Å². The molecule has 1 heterocycles. The average Bonchev–Trinajstić information content (AvgIpc) is 2.05. The van der Waals surface area contributed by atoms with Gasteiger partial charge in [0.25, 0.3) is 5.91 Å². The Morgan fingerprint density at radius 1 is 1.50 bits per heavy atom. The van der Waals surface area contributed by atoms with E-state index in [1.54, 1.807) is 23.5 Å². The SMILES string of the molecule is NNC(=O)C1SCCCS1. The lowest BCUT2D eigenvalue weighted by molar-refractivity contribution is -0.119. The van der Waals surface area contributed by atoms with Crippen LogP contribution in [-0.4, -0.2) is 22.0 Å². The number of rotatable bonds is 1. The van der Waals surface area contributed by atoms with Crippen LogP contribution in [0.15, 0.2) is 0 Å². The number of nitrogens with one attached hydrogen (secondary N) is 1. The first-order chi connectivity index (χ1) is 4.84. The van der Waals surface area contributed by atoms with Crippen LogP contribution in [0.1, 0.15) is 6.42 Å². The van der Waals surface area contributed by atoms with E-state index < -0.39 is 0 Å². The van der Waals surface area contributed by atoms with E-state index in [1.165, 1.54) is 6.42 Å². The number of amides is 1. The Morgan fingerprint density at radius 3 is 2.60 bits per heavy atom. The van der Waals surface area contributed by atoms with Crippen LogP contribution < -0.4 is 11.3 Å². The van der Waals surface area contributed by atoms with Gasteiger partial charge in [0.1, 0.15) is 4.58 Å². The Labute approximate surface area is 68.5 Å². The molecule has 0 aromatic rings. The van der Waals surface area contributed by atoms with Crippen molar-refractivity contribution in [1.82, 2.24) is 5.43 Å². The fourth-order valence-corrected chi connectivity index (χ4v) is 3.34. The summed E-state index contributed by atoms with van der Waals surface area (Å²) < 4.78 is 0.0266. The van der Waals surface area contributed by atoms with Crippen molar-refractivity contribution in [2.45, 2.75) is 11.0 Å². The van der Waals surface area contributed by atoms with Crippen molar-refractivity contribution in [3.8, 4) is 0 Å². The standard InChI is InChI=1S/C5H10N2OS2/c6-7-4(8)5-9-2-1-3-10-5/h5H,1-3,6H2,(H,7,8). The van der Waals surface area contributed by atoms with Crippen molar-refractivity contribution >= 4 is 29.4 Å². The van der Waals surface area contributed by atoms with Gasteiger partial charge in [0, 0.05) is 0 Å². The highest BCUT2D eigenvalue weighted by atomic mass is 32.2. The Kier molecular flexibility index (Phi) is 3.37. The Hall–Kier alpha value is 0.130. The number of carbonyl (C=O) groups is 1. The molecule has 1 amide bonds. The number of hydrazine groups is 1. The molecule has 0 aromatic carbocycles. The summed E-state index contributed by atoms with van der Waals surface area (Å²) in [6.07, 6.45) is 1.20. The summed E-state index contributed by atoms with van der Waals surface area (Å²) in [6.45, 7) is 0. The summed E-state index contributed by atoms with van der Waals surface area (Å²) >= 11 is 3.33. The van der Waals surface area contributed by atoms with Gasteiger partial charge < -0.3 is 0 Å². The molecule has 3 nitrogen and oxygen atoms in total. The van der Waals surface area contributed by atoms with E-state index in [1.807, 2.05) is 0 Å². The molecule has 5 heteroatoms. The van der Waals surface area contributed by atoms with Gasteiger partial charge in [-0.2, -0.15) is 0 Å². The molecule has 1 rings (SSSR count). The highest BCUT2D eigenvalue weighted by Crippen LogP contribution is 2.30. The molecular formula is C5H10N2OS2. The number of hydrogen-bond acceptors (Lipinski definition) is 4. The van der Waals surface area contributed by atoms with Crippen LogP contribution in [0.4, 0.5) is 0 Å². The van der Waals surface area contributed by atoms with Crippen LogP contribution in [0.5, 0.6) is 0 Å². The monoisotopic (exact) mass is 178 g/mol. The molecule has 1 aliphatic rings. The molecule has 0 aromatic heterocycles. The average molecular weight is 178 g/mol. The van der Waals surface area contributed by atoms with E-state index in [0.29, 0.717) is 0 Å². The molecular weight excluding hydrogens is 168 g/mol. The Balaban J connectivity index is 2.31. The summed E-state index contributed by atoms with van der Waals surface area (Å²) in [4.78, 5) is 10.9. The van der Waals surface area contributed by atoms with E-state index in [0.717, 1.165) is 11.5 Å². The van der Waals surface area contributed by atoms with Crippen LogP contribution in [0, 0.1) is 0 Å². The molecule has 58 valence electrons. The van der Waals surface area contributed by atoms with Gasteiger partial charge in [0.2, 0.25) is 0 Å². The molecule has 1 saturated heterocycles. The third-order valence-corrected chi connectivity index (χ3v) is 4.08. The molecule has 0 aliphatic carbocycles. The maximum absolute atomic E-state index is 10.9. The van der Waals surface area contributed by atoms with Gasteiger partial charge in [-0.05, 0) is 17.9 Å². The van der Waals surface area contributed by atoms with Crippen LogP contribution in [0.3, 0.4) is 0 Å². The van der Waals surface area contributed by atoms with E-state index in [4.69, 9.17) is 5.84 Å². The first-order valence-corrected chi connectivity index (χ1v) is 5.18. The largest absolute Gasteiger partial charge is 0.293 e. The summed E-state index contributed by atoms with van der Waals surface area (Å²) in [5, 5.41) is 0. The van der Waals surface area contributed by atoms with Crippen molar-refractivity contribution in [3.63, 3.8) is 0 Å². The minimum atomic E-state index is -0.0605. The quantitative estimate of drug-likeness (QED) is 0.341. The molecule has 0 unspecified atom stereocenters. The van der Waals surface area contributed by atoms with Gasteiger partial charge in [-0.25, -0.2) is 5.84 Å². The summed E-state index contributed by atoms with van der Waals surface area (Å²) in [5.41, 5.74) is 2.15. The topological polar surface area (TPSA) is 55.1 Å². The van der Waals surface area contributed by atoms with Crippen molar-refractivity contribution in [3.05, 3.63) is 0 Å². The fourth-order valence-electron chi connectivity index (χ4n) is 0.707. The Bertz CT molecular complexity index is 125. The molecule has 0 saturated carbocycles. The van der Waals surface area contributed by atoms with Gasteiger partial charge in [-0.1, -0.05) is 0 Å². The number of thioether (sulfide) groups is 2. The van der Waals surface area contributed by atoms with Crippen molar-refractivity contribution in [2.24, 2.45) is 5.84 Å². The summed E-state index contributed by atoms with van der Waals surface area (Å²) in [6, 6.07) is 0. The maximum Gasteiger partial charge on any atom is 0.257 e. The third kappa shape index (κ3) is 2.07. The third-order valence-electron chi connectivity index (χ3n) is 1.18. The van der Waals surface area contributed by atoms with Gasteiger partial charge >= 0.3 is 0 Å². The van der Waals surface area contributed by atoms with Gasteiger partial charge in [-0.15, -0.1) is 23.5 Å². The normalized spacial score (nSPS) is 20.5. The summed E-state index contributed by atoms with van der Waals surface area (Å²) in [5.74, 6) is 7.07. The van der Waals surface area contributed by atoms with Crippen LogP contribution in [0.25, 0.3) is 0 Å². The van der Waals surface area contributed by atoms with E-state index in [-0.39, 0.29) is 10.5 Å². The maximum atomic E-state index is 10.9. The van der Waals surface area contributed by atoms with E-state index in [2.05, 4.69) is 5.43 Å². The lowest BCUT2D eigenvalue weighted by atomic mass is 10.6. The van der Waals surface area contributed by atoms with E-state index in [9.17, 15) is 4.79 Å². The molecule has 1 fully saturated rings. The second kappa shape index (κ2) is 4.10. The molecule has 0 bridgehead atoms. The second-order valence-electron chi connectivity index (χ2n) is 1.94. The zero-order valence-corrected chi connectivity index (χ0v) is 7.13. The van der Waals surface area contributed by atoms with Gasteiger partial charge in [-0.3, -0.25) is 10.2 Å². The minimum absolute atomic E-state index is 0.0266. The lowest BCUT2D eigenvalue weighted by Crippen LogP contribution is -2.37. The van der Waals surface area contributed by atoms with Gasteiger partial charge in [0.15, 0.2) is 0 Å². The van der Waals surface area contributed by atoms with Crippen LogP contribution in [-0.2, 0) is 4.79 Å². The minimum Gasteiger partial charge on any atom is -0.293 e. The molecule has 10 heavy (non-hydrogen) atoms.